The molecular formula is C20H21N3OOs. The molecule has 0 aliphatic heterocycles. The third-order valence-electron chi connectivity index (χ3n) is 3.16. The Balaban J connectivity index is 0.000000287. The molecule has 0 atom stereocenters. The summed E-state index contributed by atoms with van der Waals surface area (Å²) in [4.78, 5) is 3.25. The second-order valence-corrected chi connectivity index (χ2v) is 5.40. The molecule has 0 bridgehead atoms. The molecule has 0 saturated heterocycles. The molecule has 1 aromatic heterocycles. The predicted octanol–water partition coefficient (Wildman–Crippen LogP) is 5.14. The van der Waals surface area contributed by atoms with Gasteiger partial charge in [-0.2, -0.15) is 42.0 Å². The van der Waals surface area contributed by atoms with E-state index in [0.29, 0.717) is 0 Å². The third kappa shape index (κ3) is 7.37. The summed E-state index contributed by atoms with van der Waals surface area (Å²) in [5, 5.41) is 11.8. The minimum absolute atomic E-state index is 0.890. The molecule has 0 unspecified atom stereocenters. The van der Waals surface area contributed by atoms with Crippen LogP contribution in [0.1, 0.15) is 18.9 Å². The summed E-state index contributed by atoms with van der Waals surface area (Å²) in [5.74, 6) is 0. The SMILES string of the molecule is CCC(=[C-]N=NC)c1c[nH]c2ccccc12.[CH2]=[Os+2]=[O].[c-]1ccccc1. The Bertz CT molecular complexity index is 806. The number of para-hydroxylation sites is 1. The van der Waals surface area contributed by atoms with E-state index in [4.69, 9.17) is 3.54 Å². The smallest absolute Gasteiger partial charge is 0.171 e. The van der Waals surface area contributed by atoms with Crippen LogP contribution in [0, 0.1) is 12.3 Å². The average Bonchev–Trinajstić information content (AvgIpc) is 3.09. The zero-order chi connectivity index (χ0) is 18.3. The topological polar surface area (TPSA) is 57.6 Å². The number of rotatable bonds is 3. The zero-order valence-corrected chi connectivity index (χ0v) is 16.9. The summed E-state index contributed by atoms with van der Waals surface area (Å²) < 4.78 is 8.96. The van der Waals surface area contributed by atoms with Crippen LogP contribution in [0.25, 0.3) is 16.5 Å². The van der Waals surface area contributed by atoms with Crippen molar-refractivity contribution in [2.75, 3.05) is 7.05 Å². The van der Waals surface area contributed by atoms with E-state index in [0.717, 1.165) is 23.1 Å². The summed E-state index contributed by atoms with van der Waals surface area (Å²) >= 11 is -1.08. The van der Waals surface area contributed by atoms with Crippen LogP contribution < -0.4 is 0 Å². The van der Waals surface area contributed by atoms with Gasteiger partial charge in [-0.15, -0.1) is 11.8 Å². The van der Waals surface area contributed by atoms with Gasteiger partial charge >= 0.3 is 25.5 Å². The van der Waals surface area contributed by atoms with Crippen molar-refractivity contribution in [2.24, 2.45) is 10.2 Å². The van der Waals surface area contributed by atoms with E-state index < -0.39 is 16.9 Å². The fourth-order valence-electron chi connectivity index (χ4n) is 2.10. The second-order valence-electron chi connectivity index (χ2n) is 4.67. The number of benzene rings is 2. The van der Waals surface area contributed by atoms with E-state index in [-0.39, 0.29) is 0 Å². The van der Waals surface area contributed by atoms with Gasteiger partial charge in [0.25, 0.3) is 0 Å². The molecular weight excluding hydrogens is 488 g/mol. The molecule has 0 amide bonds. The molecule has 2 aromatic carbocycles. The van der Waals surface area contributed by atoms with Gasteiger partial charge in [-0.1, -0.05) is 43.1 Å². The van der Waals surface area contributed by atoms with E-state index in [2.05, 4.69) is 51.6 Å². The van der Waals surface area contributed by atoms with Gasteiger partial charge in [0.15, 0.2) is 0 Å². The van der Waals surface area contributed by atoms with Gasteiger partial charge in [-0.05, 0) is 6.07 Å². The van der Waals surface area contributed by atoms with Crippen LogP contribution in [0.5, 0.6) is 0 Å². The first-order chi connectivity index (χ1) is 12.3. The van der Waals surface area contributed by atoms with Crippen LogP contribution in [0.3, 0.4) is 0 Å². The maximum absolute atomic E-state index is 8.96. The Kier molecular flexibility index (Phi) is 10.7. The minimum Gasteiger partial charge on any atom is -0.184 e. The van der Waals surface area contributed by atoms with E-state index in [1.807, 2.05) is 48.7 Å². The summed E-state index contributed by atoms with van der Waals surface area (Å²) in [6.07, 6.45) is 5.86. The Morgan fingerprint density at radius 3 is 2.44 bits per heavy atom. The number of aromatic amines is 1. The Hall–Kier alpha value is -2.37. The molecule has 0 fully saturated rings. The van der Waals surface area contributed by atoms with Gasteiger partial charge in [0, 0.05) is 12.6 Å². The van der Waals surface area contributed by atoms with Crippen molar-refractivity contribution >= 4 is 21.5 Å². The minimum atomic E-state index is -1.08. The molecule has 4 nitrogen and oxygen atoms in total. The summed E-state index contributed by atoms with van der Waals surface area (Å²) in [6, 6.07) is 20.7. The molecule has 25 heavy (non-hydrogen) atoms. The number of nitrogens with one attached hydrogen (secondary N) is 1. The van der Waals surface area contributed by atoms with Gasteiger partial charge in [0.1, 0.15) is 0 Å². The number of aromatic nitrogens is 1. The van der Waals surface area contributed by atoms with Crippen molar-refractivity contribution in [3.8, 4) is 0 Å². The molecule has 0 spiro atoms. The van der Waals surface area contributed by atoms with Gasteiger partial charge in [0.2, 0.25) is 0 Å². The van der Waals surface area contributed by atoms with Crippen LogP contribution in [-0.2, 0) is 20.4 Å². The number of hydrogen-bond donors (Lipinski definition) is 1. The van der Waals surface area contributed by atoms with Crippen LogP contribution in [-0.4, -0.2) is 17.1 Å². The second kappa shape index (κ2) is 13.0. The molecule has 0 aliphatic rings. The van der Waals surface area contributed by atoms with E-state index >= 15 is 0 Å². The molecule has 0 aliphatic carbocycles. The molecule has 3 rings (SSSR count). The normalized spacial score (nSPS) is 10.6. The number of allylic oxidation sites excluding steroid dienone is 1. The Morgan fingerprint density at radius 2 is 1.92 bits per heavy atom. The largest absolute Gasteiger partial charge is 0.184 e. The van der Waals surface area contributed by atoms with Gasteiger partial charge < -0.3 is 4.98 Å². The third-order valence-corrected chi connectivity index (χ3v) is 3.16. The van der Waals surface area contributed by atoms with Crippen LogP contribution in [0.4, 0.5) is 0 Å². The first kappa shape index (κ1) is 20.7. The van der Waals surface area contributed by atoms with Crippen LogP contribution >= 0.6 is 0 Å². The number of H-pyrrole nitrogens is 1. The molecule has 1 heterocycles. The van der Waals surface area contributed by atoms with E-state index in [9.17, 15) is 0 Å². The number of hydrogen-bond acceptors (Lipinski definition) is 3. The van der Waals surface area contributed by atoms with Gasteiger partial charge in [-0.25, -0.2) is 5.11 Å². The molecule has 0 radical (unpaired) electrons. The molecule has 130 valence electrons. The van der Waals surface area contributed by atoms with E-state index in [1.54, 1.807) is 7.05 Å². The Morgan fingerprint density at radius 1 is 1.24 bits per heavy atom. The average molecular weight is 510 g/mol. The van der Waals surface area contributed by atoms with Crippen molar-refractivity contribution in [1.29, 1.82) is 0 Å². The zero-order valence-electron chi connectivity index (χ0n) is 14.3. The quantitative estimate of drug-likeness (QED) is 0.386. The summed E-state index contributed by atoms with van der Waals surface area (Å²) in [5.41, 5.74) is 3.37. The molecule has 3 aromatic rings. The molecule has 0 saturated carbocycles. The fraction of sp³-hybridized carbons (Fsp3) is 0.150. The number of azo groups is 1. The molecule has 5 heteroatoms. The predicted molar refractivity (Wildman–Crippen MR) is 99.1 cm³/mol. The monoisotopic (exact) mass is 511 g/mol. The maximum atomic E-state index is 8.96. The van der Waals surface area contributed by atoms with Crippen molar-refractivity contribution in [2.45, 2.75) is 13.3 Å². The van der Waals surface area contributed by atoms with Crippen molar-refractivity contribution in [1.82, 2.24) is 4.98 Å². The van der Waals surface area contributed by atoms with Crippen molar-refractivity contribution in [3.05, 3.63) is 78.6 Å². The van der Waals surface area contributed by atoms with Crippen LogP contribution in [0.2, 0.25) is 0 Å². The molecule has 1 N–H and O–H groups in total. The van der Waals surface area contributed by atoms with Gasteiger partial charge in [-0.3, -0.25) is 5.11 Å². The van der Waals surface area contributed by atoms with Gasteiger partial charge in [0.05, 0.1) is 0 Å². The first-order valence-corrected chi connectivity index (χ1v) is 10.5. The number of nitrogens with zero attached hydrogens (tertiary/aromatic N) is 2. The van der Waals surface area contributed by atoms with E-state index in [1.165, 1.54) is 5.39 Å². The standard InChI is InChI=1S/C13H14N3.C6H5.CH2.O.Os/c1-3-10(8-16-14-2)12-9-15-13-7-5-4-6-11(12)13;1-2-4-6-5-3-1;;;/h4-7,9,15H,3H2,1-2H3;1-5H;1H2;;/q2*-1;;;+2. The first-order valence-electron chi connectivity index (χ1n) is 7.64. The maximum Gasteiger partial charge on any atom is -0.171 e. The number of fused-ring (bicyclic) bond motifs is 1. The summed E-state index contributed by atoms with van der Waals surface area (Å²) in [7, 11) is 1.65. The summed E-state index contributed by atoms with van der Waals surface area (Å²) in [6.45, 7) is 2.09. The van der Waals surface area contributed by atoms with Crippen molar-refractivity contribution < 1.29 is 20.4 Å². The Labute approximate surface area is 156 Å². The van der Waals surface area contributed by atoms with Crippen LogP contribution in [0.15, 0.2) is 71.0 Å². The fourth-order valence-corrected chi connectivity index (χ4v) is 2.10. The van der Waals surface area contributed by atoms with Crippen molar-refractivity contribution in [3.63, 3.8) is 0 Å².